The summed E-state index contributed by atoms with van der Waals surface area (Å²) in [6.45, 7) is 9.08. The molecule has 31 heavy (non-hydrogen) atoms. The normalized spacial score (nSPS) is 22.4. The molecule has 0 radical (unpaired) electrons. The Balaban J connectivity index is 1.53. The van der Waals surface area contributed by atoms with Gasteiger partial charge in [-0.15, -0.1) is 0 Å². The van der Waals surface area contributed by atoms with Crippen LogP contribution in [0.15, 0.2) is 47.4 Å². The quantitative estimate of drug-likeness (QED) is 0.573. The van der Waals surface area contributed by atoms with Gasteiger partial charge < -0.3 is 15.8 Å². The molecule has 2 aromatic carbocycles. The summed E-state index contributed by atoms with van der Waals surface area (Å²) in [5, 5.41) is 3.40. The Morgan fingerprint density at radius 2 is 1.81 bits per heavy atom. The Labute approximate surface area is 185 Å². The molecule has 1 saturated carbocycles. The molecule has 0 aromatic heterocycles. The van der Waals surface area contributed by atoms with Crippen LogP contribution in [-0.4, -0.2) is 34.7 Å². The lowest BCUT2D eigenvalue weighted by molar-refractivity contribution is 0.153. The fourth-order valence-corrected chi connectivity index (χ4v) is 6.11. The highest BCUT2D eigenvalue weighted by atomic mass is 32.2. The number of hydrogen-bond acceptors (Lipinski definition) is 5. The summed E-state index contributed by atoms with van der Waals surface area (Å²) in [5.74, 6) is 2.14. The lowest BCUT2D eigenvalue weighted by Gasteiger charge is -2.27. The number of nitrogen functional groups attached to an aromatic ring is 1. The van der Waals surface area contributed by atoms with Crippen molar-refractivity contribution in [3.8, 4) is 0 Å². The van der Waals surface area contributed by atoms with Crippen molar-refractivity contribution in [3.63, 3.8) is 0 Å². The third-order valence-electron chi connectivity index (χ3n) is 6.43. The van der Waals surface area contributed by atoms with E-state index in [1.54, 1.807) is 18.2 Å². The first-order valence-corrected chi connectivity index (χ1v) is 12.6. The van der Waals surface area contributed by atoms with Crippen molar-refractivity contribution in [2.75, 3.05) is 41.7 Å². The van der Waals surface area contributed by atoms with E-state index in [4.69, 9.17) is 10.5 Å². The van der Waals surface area contributed by atoms with Gasteiger partial charge >= 0.3 is 0 Å². The first kappa shape index (κ1) is 22.0. The molecule has 0 bridgehead atoms. The molecule has 1 aliphatic carbocycles. The van der Waals surface area contributed by atoms with E-state index in [-0.39, 0.29) is 10.8 Å². The number of aryl methyl sites for hydroxylation is 1. The van der Waals surface area contributed by atoms with Gasteiger partial charge in [-0.05, 0) is 66.0 Å². The Morgan fingerprint density at radius 1 is 1.13 bits per heavy atom. The molecule has 0 amide bonds. The molecule has 1 unspecified atom stereocenters. The lowest BCUT2D eigenvalue weighted by atomic mass is 10.1. The number of rotatable bonds is 9. The second kappa shape index (κ2) is 8.71. The van der Waals surface area contributed by atoms with E-state index < -0.39 is 10.0 Å². The second-order valence-corrected chi connectivity index (χ2v) is 11.0. The number of sulfonamides is 1. The zero-order valence-electron chi connectivity index (χ0n) is 18.5. The molecule has 0 spiro atoms. The predicted molar refractivity (Wildman–Crippen MR) is 126 cm³/mol. The number of fused-ring (bicyclic) bond motifs is 1. The van der Waals surface area contributed by atoms with Crippen molar-refractivity contribution in [1.29, 1.82) is 0 Å². The Kier molecular flexibility index (Phi) is 6.17. The van der Waals surface area contributed by atoms with Crippen molar-refractivity contribution in [3.05, 3.63) is 48.0 Å². The minimum absolute atomic E-state index is 0.181. The molecule has 6 nitrogen and oxygen atoms in total. The van der Waals surface area contributed by atoms with Gasteiger partial charge in [0.25, 0.3) is 10.0 Å². The highest BCUT2D eigenvalue weighted by molar-refractivity contribution is 7.92. The van der Waals surface area contributed by atoms with E-state index in [9.17, 15) is 8.42 Å². The predicted octanol–water partition coefficient (Wildman–Crippen LogP) is 3.99. The summed E-state index contributed by atoms with van der Waals surface area (Å²) in [7, 11) is -3.73. The van der Waals surface area contributed by atoms with Crippen LogP contribution in [0.4, 0.5) is 17.1 Å². The van der Waals surface area contributed by atoms with Crippen molar-refractivity contribution in [2.24, 2.45) is 23.7 Å². The Bertz CT molecular complexity index is 1010. The van der Waals surface area contributed by atoms with E-state index in [1.807, 2.05) is 38.1 Å². The van der Waals surface area contributed by atoms with Crippen LogP contribution in [0.25, 0.3) is 0 Å². The van der Waals surface area contributed by atoms with Gasteiger partial charge in [-0.3, -0.25) is 4.31 Å². The molecule has 2 aromatic rings. The van der Waals surface area contributed by atoms with Crippen molar-refractivity contribution in [2.45, 2.75) is 32.1 Å². The van der Waals surface area contributed by atoms with Gasteiger partial charge in [-0.25, -0.2) is 8.42 Å². The second-order valence-electron chi connectivity index (χ2n) is 9.11. The van der Waals surface area contributed by atoms with Crippen molar-refractivity contribution >= 4 is 27.1 Å². The number of anilines is 3. The van der Waals surface area contributed by atoms with E-state index >= 15 is 0 Å². The molecule has 3 N–H and O–H groups in total. The summed E-state index contributed by atoms with van der Waals surface area (Å²) in [5.41, 5.74) is 9.34. The number of nitrogens with one attached hydrogen (secondary N) is 1. The van der Waals surface area contributed by atoms with Gasteiger partial charge in [-0.2, -0.15) is 0 Å². The van der Waals surface area contributed by atoms with Crippen LogP contribution < -0.4 is 15.4 Å². The first-order chi connectivity index (χ1) is 14.8. The van der Waals surface area contributed by atoms with Gasteiger partial charge in [0.15, 0.2) is 0 Å². The third-order valence-corrected chi connectivity index (χ3v) is 8.22. The fourth-order valence-electron chi connectivity index (χ4n) is 4.45. The van der Waals surface area contributed by atoms with E-state index in [1.165, 1.54) is 9.87 Å². The molecule has 168 valence electrons. The molecule has 1 aliphatic heterocycles. The standard InChI is InChI=1S/C24H33N3O3S/c1-4-17-5-7-18(8-6-17)27(13-16(2)3)31(28,29)19-9-10-24(23(25)11-19)26-12-20-21-14-30-15-22(20)21/h5-11,16,20-22,26H,4,12-15,25H2,1-3H3/t20?,21-,22+. The smallest absolute Gasteiger partial charge is 0.264 e. The topological polar surface area (TPSA) is 84.7 Å². The molecule has 2 aliphatic rings. The zero-order valence-corrected chi connectivity index (χ0v) is 19.4. The van der Waals surface area contributed by atoms with Crippen LogP contribution in [0.5, 0.6) is 0 Å². The molecule has 1 saturated heterocycles. The molecular weight excluding hydrogens is 410 g/mol. The van der Waals surface area contributed by atoms with Crippen molar-refractivity contribution < 1.29 is 13.2 Å². The monoisotopic (exact) mass is 443 g/mol. The molecule has 2 fully saturated rings. The Hall–Kier alpha value is -2.25. The maximum absolute atomic E-state index is 13.5. The summed E-state index contributed by atoms with van der Waals surface area (Å²) >= 11 is 0. The first-order valence-electron chi connectivity index (χ1n) is 11.1. The van der Waals surface area contributed by atoms with Crippen LogP contribution >= 0.6 is 0 Å². The van der Waals surface area contributed by atoms with Crippen LogP contribution in [0, 0.1) is 23.7 Å². The van der Waals surface area contributed by atoms with Crippen molar-refractivity contribution in [1.82, 2.24) is 0 Å². The van der Waals surface area contributed by atoms with Crippen LogP contribution in [0.1, 0.15) is 26.3 Å². The highest BCUT2D eigenvalue weighted by Gasteiger charge is 2.53. The average Bonchev–Trinajstić information content (AvgIpc) is 3.17. The van der Waals surface area contributed by atoms with E-state index in [0.29, 0.717) is 35.7 Å². The molecule has 7 heteroatoms. The number of ether oxygens (including phenoxy) is 1. The summed E-state index contributed by atoms with van der Waals surface area (Å²) in [6.07, 6.45) is 0.914. The maximum atomic E-state index is 13.5. The summed E-state index contributed by atoms with van der Waals surface area (Å²) < 4.78 is 34.0. The summed E-state index contributed by atoms with van der Waals surface area (Å²) in [4.78, 5) is 0.215. The average molecular weight is 444 g/mol. The van der Waals surface area contributed by atoms with E-state index in [2.05, 4.69) is 12.2 Å². The maximum Gasteiger partial charge on any atom is 0.264 e. The number of hydrogen-bond donors (Lipinski definition) is 2. The SMILES string of the molecule is CCc1ccc(N(CC(C)C)S(=O)(=O)c2ccc(NCC3[C@H]4COC[C@@H]34)c(N)c2)cc1. The molecule has 1 heterocycles. The van der Waals surface area contributed by atoms with Gasteiger partial charge in [0.05, 0.1) is 35.2 Å². The van der Waals surface area contributed by atoms with Crippen LogP contribution in [-0.2, 0) is 21.2 Å². The zero-order chi connectivity index (χ0) is 22.2. The fraction of sp³-hybridized carbons (Fsp3) is 0.500. The van der Waals surface area contributed by atoms with Crippen LogP contribution in [0.2, 0.25) is 0 Å². The molecular formula is C24H33N3O3S. The Morgan fingerprint density at radius 3 is 2.39 bits per heavy atom. The number of nitrogens with zero attached hydrogens (tertiary/aromatic N) is 1. The van der Waals surface area contributed by atoms with Gasteiger partial charge in [0.2, 0.25) is 0 Å². The number of benzene rings is 2. The summed E-state index contributed by atoms with van der Waals surface area (Å²) in [6, 6.07) is 12.7. The van der Waals surface area contributed by atoms with Gasteiger partial charge in [0, 0.05) is 13.1 Å². The van der Waals surface area contributed by atoms with Crippen LogP contribution in [0.3, 0.4) is 0 Å². The molecule has 3 atom stereocenters. The molecule has 4 rings (SSSR count). The van der Waals surface area contributed by atoms with E-state index in [0.717, 1.165) is 31.9 Å². The minimum Gasteiger partial charge on any atom is -0.397 e. The third kappa shape index (κ3) is 4.53. The highest BCUT2D eigenvalue weighted by Crippen LogP contribution is 2.50. The lowest BCUT2D eigenvalue weighted by Crippen LogP contribution is -2.34. The van der Waals surface area contributed by atoms with Gasteiger partial charge in [-0.1, -0.05) is 32.9 Å². The largest absolute Gasteiger partial charge is 0.397 e. The van der Waals surface area contributed by atoms with Gasteiger partial charge in [0.1, 0.15) is 0 Å². The minimum atomic E-state index is -3.73. The number of nitrogens with two attached hydrogens (primary N) is 1.